The quantitative estimate of drug-likeness (QED) is 0.0527. The summed E-state index contributed by atoms with van der Waals surface area (Å²) in [5.74, 6) is 7.24. The predicted molar refractivity (Wildman–Crippen MR) is 230 cm³/mol. The van der Waals surface area contributed by atoms with Crippen molar-refractivity contribution < 1.29 is 19.0 Å². The fraction of sp³-hybridized carbons (Fsp3) is 0.540. The number of ether oxygens (including phenoxy) is 3. The van der Waals surface area contributed by atoms with E-state index >= 15 is 0 Å². The Labute approximate surface area is 336 Å². The van der Waals surface area contributed by atoms with E-state index in [4.69, 9.17) is 25.7 Å². The molecule has 0 heterocycles. The third-order valence-electron chi connectivity index (χ3n) is 14.7. The van der Waals surface area contributed by atoms with Gasteiger partial charge in [-0.2, -0.15) is 0 Å². The number of carbonyl (C=O) groups is 1. The molecule has 0 saturated heterocycles. The normalized spacial score (nSPS) is 28.9. The SMILES string of the molecule is CC(C)CCC[C@@H](C)[C@H]1CCC2C3CC=C4CC(Oc5ccc(C=CC(=O)c6ccc(OCCOc7ccc(N)cc7N)cc6)cc5)CC[C@]4(C)C3CC[C@@]21C. The van der Waals surface area contributed by atoms with Gasteiger partial charge in [0.25, 0.3) is 0 Å². The molecular weight excluding hydrogens is 693 g/mol. The van der Waals surface area contributed by atoms with Crippen molar-refractivity contribution >= 4 is 23.2 Å². The van der Waals surface area contributed by atoms with E-state index in [0.29, 0.717) is 52.5 Å². The lowest BCUT2D eigenvalue weighted by atomic mass is 9.47. The fourth-order valence-electron chi connectivity index (χ4n) is 11.6. The van der Waals surface area contributed by atoms with Crippen LogP contribution in [0.4, 0.5) is 11.4 Å². The Balaban J connectivity index is 0.876. The maximum atomic E-state index is 12.9. The zero-order valence-corrected chi connectivity index (χ0v) is 34.6. The molecule has 0 aliphatic heterocycles. The summed E-state index contributed by atoms with van der Waals surface area (Å²) in [5, 5.41) is 0. The maximum absolute atomic E-state index is 12.9. The molecule has 7 rings (SSSR count). The van der Waals surface area contributed by atoms with Gasteiger partial charge in [-0.3, -0.25) is 4.79 Å². The maximum Gasteiger partial charge on any atom is 0.185 e. The van der Waals surface area contributed by atoms with E-state index in [1.54, 1.807) is 54.1 Å². The van der Waals surface area contributed by atoms with E-state index < -0.39 is 0 Å². The Hall–Kier alpha value is -4.19. The number of ketones is 1. The zero-order chi connectivity index (χ0) is 39.5. The molecule has 6 heteroatoms. The number of nitrogens with two attached hydrogens (primary N) is 2. The number of nitrogen functional groups attached to an aromatic ring is 2. The van der Waals surface area contributed by atoms with Gasteiger partial charge >= 0.3 is 0 Å². The lowest BCUT2D eigenvalue weighted by Gasteiger charge is -2.58. The van der Waals surface area contributed by atoms with E-state index in [9.17, 15) is 4.79 Å². The molecule has 3 saturated carbocycles. The van der Waals surface area contributed by atoms with Crippen LogP contribution >= 0.6 is 0 Å². The second kappa shape index (κ2) is 17.1. The molecule has 300 valence electrons. The van der Waals surface area contributed by atoms with Gasteiger partial charge in [-0.05, 0) is 158 Å². The molecule has 4 N–H and O–H groups in total. The van der Waals surface area contributed by atoms with E-state index in [1.807, 2.05) is 30.3 Å². The highest BCUT2D eigenvalue weighted by molar-refractivity contribution is 6.06. The number of carbonyl (C=O) groups excluding carboxylic acids is 1. The van der Waals surface area contributed by atoms with Crippen LogP contribution < -0.4 is 25.7 Å². The minimum Gasteiger partial charge on any atom is -0.490 e. The lowest BCUT2D eigenvalue weighted by molar-refractivity contribution is -0.0559. The summed E-state index contributed by atoms with van der Waals surface area (Å²) in [6.45, 7) is 13.3. The molecule has 3 aromatic carbocycles. The number of rotatable bonds is 15. The van der Waals surface area contributed by atoms with Crippen LogP contribution in [0, 0.1) is 46.3 Å². The summed E-state index contributed by atoms with van der Waals surface area (Å²) in [5.41, 5.74) is 16.9. The van der Waals surface area contributed by atoms with Crippen molar-refractivity contribution in [3.63, 3.8) is 0 Å². The largest absolute Gasteiger partial charge is 0.490 e. The van der Waals surface area contributed by atoms with Gasteiger partial charge in [0.2, 0.25) is 0 Å². The number of benzene rings is 3. The Morgan fingerprint density at radius 1 is 0.839 bits per heavy atom. The molecule has 3 aromatic rings. The van der Waals surface area contributed by atoms with Gasteiger partial charge < -0.3 is 25.7 Å². The molecule has 4 aliphatic carbocycles. The molecule has 0 aromatic heterocycles. The Morgan fingerprint density at radius 2 is 1.59 bits per heavy atom. The van der Waals surface area contributed by atoms with E-state index in [-0.39, 0.29) is 11.9 Å². The molecule has 0 radical (unpaired) electrons. The molecule has 0 spiro atoms. The third kappa shape index (κ3) is 8.70. The standard InChI is InChI=1S/C50H66N2O4/c1-33(2)7-6-8-34(3)43-21-22-44-42-20-14-37-31-41(25-27-49(37,4)45(42)26-28-50(43,44)5)56-40-16-9-35(10-17-40)11-23-47(53)36-12-18-39(19-13-36)54-29-30-55-48-24-15-38(51)32-46(48)52/h9-19,23-24,32-34,41-45H,6-8,20-22,25-31,51-52H2,1-5H3/t34-,41?,42?,43-,44?,45?,49+,50-/m1/s1. The molecular formula is C50H66N2O4. The van der Waals surface area contributed by atoms with Gasteiger partial charge in [0, 0.05) is 17.7 Å². The van der Waals surface area contributed by atoms with E-state index in [2.05, 4.69) is 40.7 Å². The predicted octanol–water partition coefficient (Wildman–Crippen LogP) is 12.0. The lowest BCUT2D eigenvalue weighted by Crippen LogP contribution is -2.51. The number of allylic oxidation sites excluding steroid dienone is 2. The number of hydrogen-bond donors (Lipinski definition) is 2. The Morgan fingerprint density at radius 3 is 2.34 bits per heavy atom. The summed E-state index contributed by atoms with van der Waals surface area (Å²) in [6, 6.07) is 20.5. The molecule has 4 aliphatic rings. The first kappa shape index (κ1) is 40.0. The Bertz CT molecular complexity index is 1860. The first-order valence-electron chi connectivity index (χ1n) is 21.6. The van der Waals surface area contributed by atoms with Crippen molar-refractivity contribution in [1.82, 2.24) is 0 Å². The van der Waals surface area contributed by atoms with Crippen LogP contribution in [0.3, 0.4) is 0 Å². The number of fused-ring (bicyclic) bond motifs is 5. The van der Waals surface area contributed by atoms with Gasteiger partial charge in [0.15, 0.2) is 5.78 Å². The van der Waals surface area contributed by atoms with Crippen LogP contribution in [0.1, 0.15) is 121 Å². The van der Waals surface area contributed by atoms with Crippen LogP contribution in [-0.4, -0.2) is 25.1 Å². The van der Waals surface area contributed by atoms with Gasteiger partial charge in [-0.15, -0.1) is 0 Å². The number of anilines is 2. The van der Waals surface area contributed by atoms with Crippen molar-refractivity contribution in [1.29, 1.82) is 0 Å². The van der Waals surface area contributed by atoms with Crippen LogP contribution in [-0.2, 0) is 0 Å². The summed E-state index contributed by atoms with van der Waals surface area (Å²) < 4.78 is 18.1. The second-order valence-electron chi connectivity index (χ2n) is 18.6. The summed E-state index contributed by atoms with van der Waals surface area (Å²) in [7, 11) is 0. The smallest absolute Gasteiger partial charge is 0.185 e. The Kier molecular flexibility index (Phi) is 12.2. The molecule has 56 heavy (non-hydrogen) atoms. The van der Waals surface area contributed by atoms with Crippen molar-refractivity contribution in [3.05, 3.63) is 95.6 Å². The van der Waals surface area contributed by atoms with Crippen LogP contribution in [0.5, 0.6) is 17.2 Å². The topological polar surface area (TPSA) is 96.8 Å². The molecule has 3 fully saturated rings. The average Bonchev–Trinajstić information content (AvgIpc) is 3.54. The molecule has 8 atom stereocenters. The highest BCUT2D eigenvalue weighted by atomic mass is 16.5. The highest BCUT2D eigenvalue weighted by Gasteiger charge is 2.59. The average molecular weight is 759 g/mol. The molecule has 6 nitrogen and oxygen atoms in total. The highest BCUT2D eigenvalue weighted by Crippen LogP contribution is 2.67. The van der Waals surface area contributed by atoms with Gasteiger partial charge in [-0.25, -0.2) is 0 Å². The molecule has 0 amide bonds. The van der Waals surface area contributed by atoms with Gasteiger partial charge in [-0.1, -0.05) is 83.7 Å². The first-order valence-corrected chi connectivity index (χ1v) is 21.6. The van der Waals surface area contributed by atoms with Crippen molar-refractivity contribution in [3.8, 4) is 17.2 Å². The molecule has 4 unspecified atom stereocenters. The summed E-state index contributed by atoms with van der Waals surface area (Å²) in [6.07, 6.45) is 20.9. The van der Waals surface area contributed by atoms with Gasteiger partial charge in [0.1, 0.15) is 36.6 Å². The van der Waals surface area contributed by atoms with Crippen LogP contribution in [0.25, 0.3) is 6.08 Å². The van der Waals surface area contributed by atoms with Gasteiger partial charge in [0.05, 0.1) is 5.69 Å². The summed E-state index contributed by atoms with van der Waals surface area (Å²) >= 11 is 0. The van der Waals surface area contributed by atoms with E-state index in [1.165, 1.54) is 57.8 Å². The second-order valence-corrected chi connectivity index (χ2v) is 18.6. The van der Waals surface area contributed by atoms with Crippen molar-refractivity contribution in [2.24, 2.45) is 46.3 Å². The fourth-order valence-corrected chi connectivity index (χ4v) is 11.6. The van der Waals surface area contributed by atoms with Crippen LogP contribution in [0.15, 0.2) is 84.5 Å². The first-order chi connectivity index (χ1) is 26.9. The summed E-state index contributed by atoms with van der Waals surface area (Å²) in [4.78, 5) is 12.9. The molecule has 0 bridgehead atoms. The van der Waals surface area contributed by atoms with E-state index in [0.717, 1.165) is 59.7 Å². The zero-order valence-electron chi connectivity index (χ0n) is 34.6. The van der Waals surface area contributed by atoms with Crippen molar-refractivity contribution in [2.75, 3.05) is 24.7 Å². The van der Waals surface area contributed by atoms with Crippen molar-refractivity contribution in [2.45, 2.75) is 111 Å². The minimum absolute atomic E-state index is 0.0608. The number of hydrogen-bond acceptors (Lipinski definition) is 6. The minimum atomic E-state index is -0.0608. The van der Waals surface area contributed by atoms with Crippen LogP contribution in [0.2, 0.25) is 0 Å². The monoisotopic (exact) mass is 759 g/mol. The third-order valence-corrected chi connectivity index (χ3v) is 14.7.